The van der Waals surface area contributed by atoms with Crippen molar-refractivity contribution in [1.82, 2.24) is 0 Å². The lowest BCUT2D eigenvalue weighted by molar-refractivity contribution is 0.0702. The lowest BCUT2D eigenvalue weighted by Gasteiger charge is -2.01. The first-order valence-electron chi connectivity index (χ1n) is 5.92. The summed E-state index contributed by atoms with van der Waals surface area (Å²) in [7, 11) is 0. The normalized spacial score (nSPS) is 10.8. The van der Waals surface area contributed by atoms with Gasteiger partial charge in [-0.1, -0.05) is 12.1 Å². The van der Waals surface area contributed by atoms with E-state index < -0.39 is 11.6 Å². The van der Waals surface area contributed by atoms with E-state index in [2.05, 4.69) is 0 Å². The zero-order chi connectivity index (χ0) is 14.3. The van der Waals surface area contributed by atoms with Crippen molar-refractivity contribution in [1.29, 1.82) is 0 Å². The Morgan fingerprint density at radius 2 is 2.00 bits per heavy atom. The van der Waals surface area contributed by atoms with Gasteiger partial charge in [-0.3, -0.25) is 0 Å². The van der Waals surface area contributed by atoms with Crippen LogP contribution in [0.2, 0.25) is 0 Å². The molecule has 0 aliphatic carbocycles. The van der Waals surface area contributed by atoms with Crippen LogP contribution in [-0.2, 0) is 0 Å². The summed E-state index contributed by atoms with van der Waals surface area (Å²) in [6.45, 7) is 1.92. The van der Waals surface area contributed by atoms with Gasteiger partial charge < -0.3 is 9.52 Å². The maximum absolute atomic E-state index is 12.0. The van der Waals surface area contributed by atoms with Gasteiger partial charge in [0.05, 0.1) is 5.56 Å². The molecule has 0 unspecified atom stereocenters. The molecule has 0 amide bonds. The highest BCUT2D eigenvalue weighted by atomic mass is 32.1. The van der Waals surface area contributed by atoms with Crippen molar-refractivity contribution >= 4 is 28.3 Å². The molecule has 4 nitrogen and oxygen atoms in total. The lowest BCUT2D eigenvalue weighted by atomic mass is 10.1. The van der Waals surface area contributed by atoms with Gasteiger partial charge in [-0.15, -0.1) is 11.3 Å². The molecule has 0 aliphatic rings. The van der Waals surface area contributed by atoms with Gasteiger partial charge in [0.15, 0.2) is 0 Å². The number of hydrogen-bond acceptors (Lipinski definition) is 4. The Morgan fingerprint density at radius 1 is 1.20 bits per heavy atom. The maximum Gasteiger partial charge on any atom is 0.345 e. The second-order valence-electron chi connectivity index (χ2n) is 4.46. The van der Waals surface area contributed by atoms with Crippen molar-refractivity contribution in [2.45, 2.75) is 6.92 Å². The van der Waals surface area contributed by atoms with Gasteiger partial charge >= 0.3 is 11.6 Å². The number of hydrogen-bond donors (Lipinski definition) is 1. The number of rotatable bonds is 2. The summed E-state index contributed by atoms with van der Waals surface area (Å²) in [6, 6.07) is 10.5. The highest BCUT2D eigenvalue weighted by molar-refractivity contribution is 7.17. The third-order valence-electron chi connectivity index (χ3n) is 2.97. The fourth-order valence-corrected chi connectivity index (χ4v) is 2.84. The van der Waals surface area contributed by atoms with Crippen molar-refractivity contribution in [2.75, 3.05) is 0 Å². The molecule has 0 radical (unpaired) electrons. The summed E-state index contributed by atoms with van der Waals surface area (Å²) in [5.74, 6) is -0.998. The summed E-state index contributed by atoms with van der Waals surface area (Å²) in [6.07, 6.45) is 0. The van der Waals surface area contributed by atoms with Crippen molar-refractivity contribution in [3.8, 4) is 10.4 Å². The molecule has 20 heavy (non-hydrogen) atoms. The Labute approximate surface area is 117 Å². The van der Waals surface area contributed by atoms with Gasteiger partial charge in [-0.2, -0.15) is 0 Å². The predicted molar refractivity (Wildman–Crippen MR) is 77.5 cm³/mol. The van der Waals surface area contributed by atoms with Gasteiger partial charge in [0.1, 0.15) is 10.5 Å². The molecule has 100 valence electrons. The number of aromatic carboxylic acids is 1. The van der Waals surface area contributed by atoms with Crippen molar-refractivity contribution in [3.05, 3.63) is 57.3 Å². The van der Waals surface area contributed by atoms with Gasteiger partial charge in [-0.05, 0) is 36.8 Å². The van der Waals surface area contributed by atoms with Crippen LogP contribution in [0.4, 0.5) is 0 Å². The monoisotopic (exact) mass is 286 g/mol. The average molecular weight is 286 g/mol. The van der Waals surface area contributed by atoms with Crippen LogP contribution in [0.5, 0.6) is 0 Å². The summed E-state index contributed by atoms with van der Waals surface area (Å²) < 4.78 is 5.30. The second-order valence-corrected chi connectivity index (χ2v) is 5.54. The highest BCUT2D eigenvalue weighted by Crippen LogP contribution is 2.28. The molecule has 0 saturated carbocycles. The van der Waals surface area contributed by atoms with Crippen LogP contribution in [-0.4, -0.2) is 11.1 Å². The van der Waals surface area contributed by atoms with Crippen molar-refractivity contribution in [3.63, 3.8) is 0 Å². The molecular weight excluding hydrogens is 276 g/mol. The smallest absolute Gasteiger partial charge is 0.345 e. The number of carboxylic acids is 1. The zero-order valence-electron chi connectivity index (χ0n) is 10.5. The van der Waals surface area contributed by atoms with Gasteiger partial charge in [-0.25, -0.2) is 9.59 Å². The summed E-state index contributed by atoms with van der Waals surface area (Å²) >= 11 is 1.06. The van der Waals surface area contributed by atoms with E-state index >= 15 is 0 Å². The van der Waals surface area contributed by atoms with E-state index in [4.69, 9.17) is 9.52 Å². The molecule has 2 aromatic heterocycles. The van der Waals surface area contributed by atoms with Gasteiger partial charge in [0.25, 0.3) is 0 Å². The van der Waals surface area contributed by atoms with Crippen LogP contribution in [0.3, 0.4) is 0 Å². The minimum atomic E-state index is -0.998. The molecule has 2 heterocycles. The quantitative estimate of drug-likeness (QED) is 0.732. The fourth-order valence-electron chi connectivity index (χ4n) is 1.99. The van der Waals surface area contributed by atoms with Crippen LogP contribution in [0.25, 0.3) is 21.4 Å². The number of thiophene rings is 1. The number of carboxylic acid groups (broad SMARTS) is 1. The van der Waals surface area contributed by atoms with E-state index in [0.717, 1.165) is 22.3 Å². The second kappa shape index (κ2) is 4.61. The van der Waals surface area contributed by atoms with Gasteiger partial charge in [0, 0.05) is 10.3 Å². The largest absolute Gasteiger partial charge is 0.477 e. The fraction of sp³-hybridized carbons (Fsp3) is 0.0667. The molecule has 3 aromatic rings. The first-order valence-corrected chi connectivity index (χ1v) is 6.74. The van der Waals surface area contributed by atoms with Crippen LogP contribution < -0.4 is 5.63 Å². The molecule has 0 spiro atoms. The van der Waals surface area contributed by atoms with Crippen LogP contribution in [0.1, 0.15) is 15.2 Å². The van der Waals surface area contributed by atoms with E-state index in [0.29, 0.717) is 16.0 Å². The highest BCUT2D eigenvalue weighted by Gasteiger charge is 2.13. The number of fused-ring (bicyclic) bond motifs is 1. The third-order valence-corrected chi connectivity index (χ3v) is 4.08. The topological polar surface area (TPSA) is 67.5 Å². The molecule has 0 fully saturated rings. The summed E-state index contributed by atoms with van der Waals surface area (Å²) in [5, 5.41) is 9.74. The molecular formula is C15H10O4S. The molecule has 0 bridgehead atoms. The molecule has 5 heteroatoms. The van der Waals surface area contributed by atoms with E-state index in [-0.39, 0.29) is 4.88 Å². The van der Waals surface area contributed by atoms with Crippen LogP contribution in [0.15, 0.2) is 45.6 Å². The van der Waals surface area contributed by atoms with E-state index in [9.17, 15) is 9.59 Å². The Hall–Kier alpha value is -2.40. The maximum atomic E-state index is 12.0. The Kier molecular flexibility index (Phi) is 2.91. The number of carbonyl (C=O) groups is 1. The van der Waals surface area contributed by atoms with Crippen molar-refractivity contribution in [2.24, 2.45) is 0 Å². The van der Waals surface area contributed by atoms with Gasteiger partial charge in [0.2, 0.25) is 0 Å². The Morgan fingerprint density at radius 3 is 2.70 bits per heavy atom. The number of benzene rings is 1. The zero-order valence-corrected chi connectivity index (χ0v) is 11.4. The molecule has 1 N–H and O–H groups in total. The van der Waals surface area contributed by atoms with E-state index in [1.54, 1.807) is 18.2 Å². The lowest BCUT2D eigenvalue weighted by Crippen LogP contribution is -2.01. The Balaban J connectivity index is 2.20. The molecule has 3 rings (SSSR count). The molecule has 0 saturated heterocycles. The SMILES string of the molecule is Cc1ccc2cc(-c3ccc(C(=O)O)s3)c(=O)oc2c1. The average Bonchev–Trinajstić information content (AvgIpc) is 2.87. The Bertz CT molecular complexity index is 873. The number of aryl methyl sites for hydroxylation is 1. The van der Waals surface area contributed by atoms with E-state index in [1.165, 1.54) is 6.07 Å². The van der Waals surface area contributed by atoms with Crippen LogP contribution in [0, 0.1) is 6.92 Å². The minimum absolute atomic E-state index is 0.198. The van der Waals surface area contributed by atoms with E-state index in [1.807, 2.05) is 19.1 Å². The first kappa shape index (κ1) is 12.6. The van der Waals surface area contributed by atoms with Crippen molar-refractivity contribution < 1.29 is 14.3 Å². The van der Waals surface area contributed by atoms with Crippen LogP contribution >= 0.6 is 11.3 Å². The summed E-state index contributed by atoms with van der Waals surface area (Å²) in [5.41, 5.74) is 1.48. The third kappa shape index (κ3) is 2.12. The molecule has 1 aromatic carbocycles. The first-order chi connectivity index (χ1) is 9.54. The molecule has 0 atom stereocenters. The standard InChI is InChI=1S/C15H10O4S/c1-8-2-3-9-7-10(15(18)19-11(9)6-8)12-4-5-13(20-12)14(16)17/h2-7H,1H3,(H,16,17). The molecule has 0 aliphatic heterocycles. The summed E-state index contributed by atoms with van der Waals surface area (Å²) in [4.78, 5) is 23.7. The predicted octanol–water partition coefficient (Wildman–Crippen LogP) is 3.53. The minimum Gasteiger partial charge on any atom is -0.477 e.